The number of benzene rings is 2. The maximum absolute atomic E-state index is 12.9. The molecule has 0 aliphatic carbocycles. The van der Waals surface area contributed by atoms with Crippen molar-refractivity contribution in [2.45, 2.75) is 25.1 Å². The summed E-state index contributed by atoms with van der Waals surface area (Å²) in [4.78, 5) is 26.8. The van der Waals surface area contributed by atoms with E-state index in [-0.39, 0.29) is 23.3 Å². The molecule has 11 heteroatoms. The lowest BCUT2D eigenvalue weighted by Crippen LogP contribution is -2.38. The predicted molar refractivity (Wildman–Crippen MR) is 126 cm³/mol. The first-order chi connectivity index (χ1) is 17.2. The van der Waals surface area contributed by atoms with Crippen LogP contribution in [-0.2, 0) is 0 Å². The molecule has 186 valence electrons. The smallest absolute Gasteiger partial charge is 0.508 e. The van der Waals surface area contributed by atoms with Gasteiger partial charge in [-0.2, -0.15) is 0 Å². The zero-order valence-electron chi connectivity index (χ0n) is 18.9. The van der Waals surface area contributed by atoms with E-state index in [9.17, 15) is 23.1 Å². The third-order valence-electron chi connectivity index (χ3n) is 6.19. The predicted octanol–water partition coefficient (Wildman–Crippen LogP) is 4.83. The van der Waals surface area contributed by atoms with Gasteiger partial charge in [-0.1, -0.05) is 0 Å². The summed E-state index contributed by atoms with van der Waals surface area (Å²) < 4.78 is 41.0. The number of carbonyl (C=O) groups is 1. The monoisotopic (exact) mass is 497 g/mol. The maximum Gasteiger partial charge on any atom is 0.573 e. The average molecular weight is 497 g/mol. The number of anilines is 1. The Bertz CT molecular complexity index is 1390. The topological polar surface area (TPSA) is 117 Å². The Labute approximate surface area is 203 Å². The van der Waals surface area contributed by atoms with E-state index in [2.05, 4.69) is 19.7 Å². The summed E-state index contributed by atoms with van der Waals surface area (Å²) in [6.45, 7) is 0.996. The van der Waals surface area contributed by atoms with Gasteiger partial charge in [0.15, 0.2) is 5.65 Å². The molecular weight excluding hydrogens is 475 g/mol. The van der Waals surface area contributed by atoms with Crippen LogP contribution < -0.4 is 10.5 Å². The van der Waals surface area contributed by atoms with Crippen LogP contribution in [0.2, 0.25) is 0 Å². The maximum atomic E-state index is 12.9. The zero-order valence-corrected chi connectivity index (χ0v) is 18.9. The Kier molecular flexibility index (Phi) is 5.91. The molecule has 4 N–H and O–H groups in total. The van der Waals surface area contributed by atoms with Crippen LogP contribution in [0.1, 0.15) is 34.7 Å². The highest BCUT2D eigenvalue weighted by Gasteiger charge is 2.31. The van der Waals surface area contributed by atoms with Gasteiger partial charge in [0.05, 0.1) is 5.52 Å². The summed E-state index contributed by atoms with van der Waals surface area (Å²) in [5.74, 6) is 0.130. The largest absolute Gasteiger partial charge is 0.573 e. The van der Waals surface area contributed by atoms with Crippen molar-refractivity contribution in [2.24, 2.45) is 0 Å². The summed E-state index contributed by atoms with van der Waals surface area (Å²) in [6, 6.07) is 11.6. The number of imidazole rings is 1. The summed E-state index contributed by atoms with van der Waals surface area (Å²) in [6.07, 6.45) is -1.68. The van der Waals surface area contributed by atoms with Crippen molar-refractivity contribution in [3.8, 4) is 22.9 Å². The molecule has 1 fully saturated rings. The number of H-pyrrole nitrogens is 1. The zero-order chi connectivity index (χ0) is 25.4. The molecule has 0 unspecified atom stereocenters. The molecule has 0 saturated carbocycles. The number of nitrogens with zero attached hydrogens (tertiary/aromatic N) is 3. The van der Waals surface area contributed by atoms with Gasteiger partial charge in [-0.05, 0) is 66.8 Å². The fourth-order valence-corrected chi connectivity index (χ4v) is 4.55. The van der Waals surface area contributed by atoms with E-state index in [1.165, 1.54) is 18.2 Å². The molecule has 1 amide bonds. The SMILES string of the molecule is Nc1cc(O)cc(-c2nc3nccc(C4CCN(C(=O)c5ccc(OC(F)(F)F)cc5)CC4)c3[nH]2)c1. The lowest BCUT2D eigenvalue weighted by atomic mass is 9.89. The van der Waals surface area contributed by atoms with Crippen LogP contribution in [0.25, 0.3) is 22.6 Å². The van der Waals surface area contributed by atoms with E-state index < -0.39 is 6.36 Å². The van der Waals surface area contributed by atoms with Crippen molar-refractivity contribution in [1.29, 1.82) is 0 Å². The number of carbonyl (C=O) groups excluding carboxylic acids is 1. The number of fused-ring (bicyclic) bond motifs is 1. The molecule has 36 heavy (non-hydrogen) atoms. The number of hydrogen-bond donors (Lipinski definition) is 3. The second kappa shape index (κ2) is 9.06. The van der Waals surface area contributed by atoms with Crippen LogP contribution in [0.5, 0.6) is 11.5 Å². The number of nitrogen functional groups attached to an aromatic ring is 1. The minimum Gasteiger partial charge on any atom is -0.508 e. The first-order valence-corrected chi connectivity index (χ1v) is 11.3. The van der Waals surface area contributed by atoms with Gasteiger partial charge in [-0.3, -0.25) is 4.79 Å². The summed E-state index contributed by atoms with van der Waals surface area (Å²) in [5.41, 5.74) is 9.58. The minimum absolute atomic E-state index is 0.0400. The van der Waals surface area contributed by atoms with Crippen molar-refractivity contribution in [3.63, 3.8) is 0 Å². The number of ether oxygens (including phenoxy) is 1. The average Bonchev–Trinajstić information content (AvgIpc) is 3.27. The Hall–Kier alpha value is -4.28. The van der Waals surface area contributed by atoms with Gasteiger partial charge in [0, 0.05) is 42.2 Å². The first-order valence-electron chi connectivity index (χ1n) is 11.3. The molecule has 0 atom stereocenters. The number of nitrogens with two attached hydrogens (primary N) is 1. The van der Waals surface area contributed by atoms with Crippen LogP contribution in [0, 0.1) is 0 Å². The number of rotatable bonds is 4. The van der Waals surface area contributed by atoms with Crippen molar-refractivity contribution in [3.05, 3.63) is 65.9 Å². The van der Waals surface area contributed by atoms with Gasteiger partial charge < -0.3 is 25.5 Å². The van der Waals surface area contributed by atoms with E-state index >= 15 is 0 Å². The van der Waals surface area contributed by atoms with Gasteiger partial charge in [0.1, 0.15) is 17.3 Å². The van der Waals surface area contributed by atoms with Crippen LogP contribution in [0.4, 0.5) is 18.9 Å². The van der Waals surface area contributed by atoms with E-state index in [1.54, 1.807) is 23.2 Å². The van der Waals surface area contributed by atoms with Gasteiger partial charge in [0.25, 0.3) is 5.91 Å². The Morgan fingerprint density at radius 2 is 1.83 bits per heavy atom. The number of hydrogen-bond acceptors (Lipinski definition) is 6. The van der Waals surface area contributed by atoms with Gasteiger partial charge in [-0.25, -0.2) is 9.97 Å². The Morgan fingerprint density at radius 1 is 1.11 bits per heavy atom. The minimum atomic E-state index is -4.78. The second-order valence-corrected chi connectivity index (χ2v) is 8.64. The Morgan fingerprint density at radius 3 is 2.50 bits per heavy atom. The molecule has 1 aliphatic rings. The number of pyridine rings is 1. The quantitative estimate of drug-likeness (QED) is 0.348. The molecule has 0 radical (unpaired) electrons. The molecule has 3 heterocycles. The number of phenolic OH excluding ortho intramolecular Hbond substituents is 1. The number of phenols is 1. The highest BCUT2D eigenvalue weighted by molar-refractivity contribution is 5.94. The fraction of sp³-hybridized carbons (Fsp3) is 0.240. The molecular formula is C25H22F3N5O3. The van der Waals surface area contributed by atoms with Crippen LogP contribution >= 0.6 is 0 Å². The van der Waals surface area contributed by atoms with E-state index in [0.717, 1.165) is 23.2 Å². The summed E-state index contributed by atoms with van der Waals surface area (Å²) in [7, 11) is 0. The number of aromatic nitrogens is 3. The van der Waals surface area contributed by atoms with Crippen LogP contribution in [-0.4, -0.2) is 50.3 Å². The van der Waals surface area contributed by atoms with Gasteiger partial charge >= 0.3 is 6.36 Å². The number of halogens is 3. The molecule has 5 rings (SSSR count). The van der Waals surface area contributed by atoms with E-state index in [1.807, 2.05) is 6.07 Å². The standard InChI is InChI=1S/C25H22F3N5O3/c26-25(27,28)36-19-3-1-15(2-4-19)24(35)33-9-6-14(7-10-33)20-5-8-30-23-21(20)31-22(32-23)16-11-17(29)13-18(34)12-16/h1-5,8,11-14,34H,6-7,9-10,29H2,(H,30,31,32). The van der Waals surface area contributed by atoms with Gasteiger partial charge in [-0.15, -0.1) is 13.2 Å². The second-order valence-electron chi connectivity index (χ2n) is 8.64. The molecule has 2 aromatic carbocycles. The number of amides is 1. The molecule has 8 nitrogen and oxygen atoms in total. The van der Waals surface area contributed by atoms with Crippen molar-refractivity contribution >= 4 is 22.8 Å². The molecule has 1 saturated heterocycles. The van der Waals surface area contributed by atoms with Gasteiger partial charge in [0.2, 0.25) is 0 Å². The molecule has 0 spiro atoms. The number of aromatic amines is 1. The molecule has 1 aliphatic heterocycles. The van der Waals surface area contributed by atoms with Crippen molar-refractivity contribution < 1.29 is 27.8 Å². The lowest BCUT2D eigenvalue weighted by Gasteiger charge is -2.32. The number of nitrogens with one attached hydrogen (secondary N) is 1. The number of alkyl halides is 3. The lowest BCUT2D eigenvalue weighted by molar-refractivity contribution is -0.274. The molecule has 0 bridgehead atoms. The normalized spacial score (nSPS) is 14.8. The first kappa shape index (κ1) is 23.5. The summed E-state index contributed by atoms with van der Waals surface area (Å²) in [5, 5.41) is 9.88. The van der Waals surface area contributed by atoms with Crippen molar-refractivity contribution in [1.82, 2.24) is 19.9 Å². The number of likely N-dealkylation sites (tertiary alicyclic amines) is 1. The number of aromatic hydroxyl groups is 1. The molecule has 2 aromatic heterocycles. The van der Waals surface area contributed by atoms with Crippen LogP contribution in [0.3, 0.4) is 0 Å². The Balaban J connectivity index is 1.30. The van der Waals surface area contributed by atoms with E-state index in [0.29, 0.717) is 54.2 Å². The summed E-state index contributed by atoms with van der Waals surface area (Å²) >= 11 is 0. The fourth-order valence-electron chi connectivity index (χ4n) is 4.55. The highest BCUT2D eigenvalue weighted by atomic mass is 19.4. The highest BCUT2D eigenvalue weighted by Crippen LogP contribution is 2.34. The third-order valence-corrected chi connectivity index (χ3v) is 6.19. The molecule has 4 aromatic rings. The van der Waals surface area contributed by atoms with E-state index in [4.69, 9.17) is 5.73 Å². The van der Waals surface area contributed by atoms with Crippen LogP contribution in [0.15, 0.2) is 54.7 Å². The van der Waals surface area contributed by atoms with Crippen molar-refractivity contribution in [2.75, 3.05) is 18.8 Å². The third kappa shape index (κ3) is 4.90. The number of piperidine rings is 1.